The molecule has 1 aromatic heterocycles. The lowest BCUT2D eigenvalue weighted by Gasteiger charge is -2.12. The summed E-state index contributed by atoms with van der Waals surface area (Å²) in [6.45, 7) is 2.06. The van der Waals surface area contributed by atoms with Crippen molar-refractivity contribution in [2.45, 2.75) is 13.0 Å². The highest BCUT2D eigenvalue weighted by Crippen LogP contribution is 2.17. The lowest BCUT2D eigenvalue weighted by atomic mass is 10.1. The Morgan fingerprint density at radius 1 is 1.37 bits per heavy atom. The van der Waals surface area contributed by atoms with Gasteiger partial charge in [-0.2, -0.15) is 0 Å². The normalized spacial score (nSPS) is 11.9. The van der Waals surface area contributed by atoms with Crippen molar-refractivity contribution in [1.29, 1.82) is 0 Å². The van der Waals surface area contributed by atoms with Crippen molar-refractivity contribution < 1.29 is 4.79 Å². The minimum Gasteiger partial charge on any atom is -0.313 e. The first-order chi connectivity index (χ1) is 9.19. The van der Waals surface area contributed by atoms with Gasteiger partial charge in [0.05, 0.1) is 6.20 Å². The zero-order chi connectivity index (χ0) is 13.7. The highest BCUT2D eigenvalue weighted by molar-refractivity contribution is 7.10. The zero-order valence-corrected chi connectivity index (χ0v) is 11.5. The molecule has 7 heteroatoms. The van der Waals surface area contributed by atoms with E-state index in [-0.39, 0.29) is 12.1 Å². The molecular weight excluding hydrogens is 262 g/mol. The predicted molar refractivity (Wildman–Crippen MR) is 76.5 cm³/mol. The molecule has 0 fully saturated rings. The summed E-state index contributed by atoms with van der Waals surface area (Å²) in [5, 5.41) is 12.8. The Morgan fingerprint density at radius 2 is 2.21 bits per heavy atom. The minimum atomic E-state index is -0.305. The van der Waals surface area contributed by atoms with Gasteiger partial charge in [-0.05, 0) is 31.7 Å². The van der Waals surface area contributed by atoms with Crippen molar-refractivity contribution in [3.63, 3.8) is 0 Å². The first kappa shape index (κ1) is 13.4. The number of nitrogens with zero attached hydrogens (tertiary/aromatic N) is 2. The van der Waals surface area contributed by atoms with Gasteiger partial charge in [-0.3, -0.25) is 5.32 Å². The monoisotopic (exact) mass is 277 g/mol. The smallest absolute Gasteiger partial charge is 0.313 e. The van der Waals surface area contributed by atoms with Crippen LogP contribution in [0.2, 0.25) is 0 Å². The van der Waals surface area contributed by atoms with Crippen LogP contribution < -0.4 is 16.0 Å². The van der Waals surface area contributed by atoms with Crippen molar-refractivity contribution in [1.82, 2.24) is 14.9 Å². The molecule has 0 aliphatic rings. The van der Waals surface area contributed by atoms with Crippen LogP contribution in [0, 0.1) is 0 Å². The number of rotatable bonds is 4. The molecule has 0 aliphatic carbocycles. The van der Waals surface area contributed by atoms with Gasteiger partial charge in [-0.1, -0.05) is 16.6 Å². The second-order valence-electron chi connectivity index (χ2n) is 4.00. The van der Waals surface area contributed by atoms with Gasteiger partial charge in [0, 0.05) is 23.3 Å². The SMILES string of the molecule is CNC(C)c1cccc(NC(=O)Nc2cnns2)c1. The van der Waals surface area contributed by atoms with Gasteiger partial charge in [-0.25, -0.2) is 4.79 Å². The van der Waals surface area contributed by atoms with Crippen molar-refractivity contribution >= 4 is 28.3 Å². The molecule has 0 radical (unpaired) electrons. The fourth-order valence-corrected chi connectivity index (χ4v) is 1.96. The molecule has 1 aromatic carbocycles. The number of amides is 2. The molecule has 6 nitrogen and oxygen atoms in total. The summed E-state index contributed by atoms with van der Waals surface area (Å²) in [6, 6.07) is 7.63. The summed E-state index contributed by atoms with van der Waals surface area (Å²) in [6.07, 6.45) is 1.50. The van der Waals surface area contributed by atoms with Gasteiger partial charge in [0.25, 0.3) is 0 Å². The molecule has 1 unspecified atom stereocenters. The van der Waals surface area contributed by atoms with Gasteiger partial charge in [0.2, 0.25) is 0 Å². The van der Waals surface area contributed by atoms with Crippen LogP contribution in [0.5, 0.6) is 0 Å². The Labute approximate surface area is 115 Å². The van der Waals surface area contributed by atoms with Gasteiger partial charge in [-0.15, -0.1) is 5.10 Å². The van der Waals surface area contributed by atoms with Crippen LogP contribution in [0.25, 0.3) is 0 Å². The van der Waals surface area contributed by atoms with E-state index in [2.05, 4.69) is 32.5 Å². The molecular formula is C12H15N5OS. The summed E-state index contributed by atoms with van der Waals surface area (Å²) in [5.41, 5.74) is 1.86. The number of anilines is 2. The Kier molecular flexibility index (Phi) is 4.43. The van der Waals surface area contributed by atoms with E-state index in [9.17, 15) is 4.79 Å². The highest BCUT2D eigenvalue weighted by atomic mass is 32.1. The second kappa shape index (κ2) is 6.26. The first-order valence-corrected chi connectivity index (χ1v) is 6.59. The maximum atomic E-state index is 11.7. The maximum absolute atomic E-state index is 11.7. The molecule has 2 aromatic rings. The van der Waals surface area contributed by atoms with E-state index in [4.69, 9.17) is 0 Å². The number of hydrogen-bond donors (Lipinski definition) is 3. The van der Waals surface area contributed by atoms with E-state index < -0.39 is 0 Å². The molecule has 0 spiro atoms. The molecule has 2 amide bonds. The summed E-state index contributed by atoms with van der Waals surface area (Å²) in [7, 11) is 1.90. The molecule has 0 bridgehead atoms. The summed E-state index contributed by atoms with van der Waals surface area (Å²) in [5.74, 6) is 0. The summed E-state index contributed by atoms with van der Waals surface area (Å²) >= 11 is 1.13. The minimum absolute atomic E-state index is 0.232. The van der Waals surface area contributed by atoms with Crippen LogP contribution in [0.15, 0.2) is 30.5 Å². The summed E-state index contributed by atoms with van der Waals surface area (Å²) in [4.78, 5) is 11.7. The van der Waals surface area contributed by atoms with Crippen LogP contribution >= 0.6 is 11.5 Å². The number of hydrogen-bond acceptors (Lipinski definition) is 5. The second-order valence-corrected chi connectivity index (χ2v) is 4.78. The molecule has 1 atom stereocenters. The van der Waals surface area contributed by atoms with E-state index >= 15 is 0 Å². The molecule has 1 heterocycles. The van der Waals surface area contributed by atoms with Crippen LogP contribution in [-0.4, -0.2) is 22.7 Å². The Hall–Kier alpha value is -1.99. The lowest BCUT2D eigenvalue weighted by Crippen LogP contribution is -2.19. The Bertz CT molecular complexity index is 543. The van der Waals surface area contributed by atoms with E-state index in [0.717, 1.165) is 22.8 Å². The van der Waals surface area contributed by atoms with Crippen molar-refractivity contribution in [2.75, 3.05) is 17.7 Å². The number of carbonyl (C=O) groups excluding carboxylic acids is 1. The lowest BCUT2D eigenvalue weighted by molar-refractivity contribution is 0.262. The van der Waals surface area contributed by atoms with Crippen LogP contribution in [0.4, 0.5) is 15.5 Å². The molecule has 100 valence electrons. The molecule has 0 saturated heterocycles. The van der Waals surface area contributed by atoms with Crippen molar-refractivity contribution in [2.24, 2.45) is 0 Å². The average Bonchev–Trinajstić information content (AvgIpc) is 2.90. The number of benzene rings is 1. The third-order valence-electron chi connectivity index (χ3n) is 2.68. The van der Waals surface area contributed by atoms with E-state index in [0.29, 0.717) is 5.00 Å². The number of carbonyl (C=O) groups is 1. The van der Waals surface area contributed by atoms with Crippen LogP contribution in [0.3, 0.4) is 0 Å². The number of nitrogens with one attached hydrogen (secondary N) is 3. The third-order valence-corrected chi connectivity index (χ3v) is 3.26. The quantitative estimate of drug-likeness (QED) is 0.802. The molecule has 0 saturated carbocycles. The first-order valence-electron chi connectivity index (χ1n) is 5.81. The van der Waals surface area contributed by atoms with Crippen LogP contribution in [-0.2, 0) is 0 Å². The van der Waals surface area contributed by atoms with E-state index in [1.165, 1.54) is 6.20 Å². The highest BCUT2D eigenvalue weighted by Gasteiger charge is 2.06. The Balaban J connectivity index is 2.00. The molecule has 3 N–H and O–H groups in total. The third kappa shape index (κ3) is 3.73. The zero-order valence-electron chi connectivity index (χ0n) is 10.7. The number of urea groups is 1. The molecule has 0 aliphatic heterocycles. The van der Waals surface area contributed by atoms with E-state index in [1.807, 2.05) is 31.3 Å². The standard InChI is InChI=1S/C12H15N5OS/c1-8(13-2)9-4-3-5-10(6-9)15-12(18)16-11-7-14-17-19-11/h3-8,13H,1-2H3,(H2,15,16,18). The van der Waals surface area contributed by atoms with Crippen LogP contribution in [0.1, 0.15) is 18.5 Å². The maximum Gasteiger partial charge on any atom is 0.324 e. The number of aromatic nitrogens is 2. The van der Waals surface area contributed by atoms with Crippen molar-refractivity contribution in [3.8, 4) is 0 Å². The van der Waals surface area contributed by atoms with Gasteiger partial charge >= 0.3 is 6.03 Å². The molecule has 19 heavy (non-hydrogen) atoms. The fourth-order valence-electron chi connectivity index (χ4n) is 1.55. The van der Waals surface area contributed by atoms with Crippen molar-refractivity contribution in [3.05, 3.63) is 36.0 Å². The topological polar surface area (TPSA) is 78.9 Å². The van der Waals surface area contributed by atoms with Gasteiger partial charge in [0.15, 0.2) is 0 Å². The predicted octanol–water partition coefficient (Wildman–Crippen LogP) is 2.46. The van der Waals surface area contributed by atoms with Gasteiger partial charge < -0.3 is 10.6 Å². The fraction of sp³-hybridized carbons (Fsp3) is 0.250. The van der Waals surface area contributed by atoms with E-state index in [1.54, 1.807) is 0 Å². The average molecular weight is 277 g/mol. The summed E-state index contributed by atoms with van der Waals surface area (Å²) < 4.78 is 3.67. The largest absolute Gasteiger partial charge is 0.324 e. The van der Waals surface area contributed by atoms with Gasteiger partial charge in [0.1, 0.15) is 5.00 Å². The Morgan fingerprint density at radius 3 is 2.89 bits per heavy atom. The molecule has 2 rings (SSSR count).